The SMILES string of the molecule is COc1cccc(NC(=O)c2cnc(N)cc2OC)n1.O=C(O)C(F)(F)F. The Morgan fingerprint density at radius 2 is 1.85 bits per heavy atom. The van der Waals surface area contributed by atoms with Gasteiger partial charge in [-0.2, -0.15) is 18.2 Å². The van der Waals surface area contributed by atoms with Gasteiger partial charge >= 0.3 is 12.1 Å². The number of aliphatic carboxylic acids is 1. The number of carbonyl (C=O) groups excluding carboxylic acids is 1. The van der Waals surface area contributed by atoms with Gasteiger partial charge in [0.15, 0.2) is 0 Å². The number of rotatable bonds is 4. The predicted octanol–water partition coefficient (Wildman–Crippen LogP) is 1.96. The van der Waals surface area contributed by atoms with Gasteiger partial charge in [0.05, 0.1) is 14.2 Å². The van der Waals surface area contributed by atoms with Crippen molar-refractivity contribution in [3.05, 3.63) is 36.0 Å². The van der Waals surface area contributed by atoms with Gasteiger partial charge in [0, 0.05) is 18.3 Å². The van der Waals surface area contributed by atoms with E-state index in [1.807, 2.05) is 0 Å². The number of alkyl halides is 3. The molecule has 0 aliphatic carbocycles. The Hall–Kier alpha value is -3.57. The van der Waals surface area contributed by atoms with Crippen LogP contribution in [-0.4, -0.2) is 47.3 Å². The second kappa shape index (κ2) is 9.22. The number of carbonyl (C=O) groups is 2. The van der Waals surface area contributed by atoms with Crippen LogP contribution in [0.25, 0.3) is 0 Å². The van der Waals surface area contributed by atoms with Crippen molar-refractivity contribution in [2.24, 2.45) is 0 Å². The second-order valence-corrected chi connectivity index (χ2v) is 4.63. The van der Waals surface area contributed by atoms with Gasteiger partial charge in [0.1, 0.15) is 22.9 Å². The third-order valence-electron chi connectivity index (χ3n) is 2.77. The molecule has 27 heavy (non-hydrogen) atoms. The van der Waals surface area contributed by atoms with E-state index in [4.69, 9.17) is 25.1 Å². The molecule has 12 heteroatoms. The van der Waals surface area contributed by atoms with E-state index in [2.05, 4.69) is 15.3 Å². The Bertz CT molecular complexity index is 814. The zero-order chi connectivity index (χ0) is 20.6. The standard InChI is InChI=1S/C13H14N4O3.C2HF3O2/c1-19-9-6-10(14)15-7-8(9)13(18)17-11-4-3-5-12(16-11)20-2;3-2(4,5)1(6)7/h3-7H,1-2H3,(H2,14,15)(H,16,17,18);(H,6,7). The van der Waals surface area contributed by atoms with Gasteiger partial charge in [-0.25, -0.2) is 9.78 Å². The highest BCUT2D eigenvalue weighted by atomic mass is 19.4. The molecular weight excluding hydrogens is 373 g/mol. The van der Waals surface area contributed by atoms with Crippen LogP contribution in [0.15, 0.2) is 30.5 Å². The number of aromatic nitrogens is 2. The lowest BCUT2D eigenvalue weighted by Gasteiger charge is -2.09. The zero-order valence-electron chi connectivity index (χ0n) is 14.1. The van der Waals surface area contributed by atoms with Crippen LogP contribution in [0.3, 0.4) is 0 Å². The maximum atomic E-state index is 12.2. The maximum Gasteiger partial charge on any atom is 0.490 e. The van der Waals surface area contributed by atoms with Gasteiger partial charge in [-0.05, 0) is 6.07 Å². The van der Waals surface area contributed by atoms with E-state index in [-0.39, 0.29) is 11.4 Å². The van der Waals surface area contributed by atoms with E-state index in [0.29, 0.717) is 17.4 Å². The maximum absolute atomic E-state index is 12.2. The molecule has 0 spiro atoms. The molecule has 0 aliphatic rings. The molecule has 146 valence electrons. The summed E-state index contributed by atoms with van der Waals surface area (Å²) in [5.41, 5.74) is 5.81. The number of hydrogen-bond acceptors (Lipinski definition) is 7. The first-order chi connectivity index (χ1) is 12.6. The van der Waals surface area contributed by atoms with Crippen molar-refractivity contribution < 1.29 is 37.3 Å². The Morgan fingerprint density at radius 1 is 1.22 bits per heavy atom. The molecule has 0 aliphatic heterocycles. The van der Waals surface area contributed by atoms with Crippen molar-refractivity contribution in [3.63, 3.8) is 0 Å². The Balaban J connectivity index is 0.000000445. The number of nitrogen functional groups attached to an aromatic ring is 1. The fraction of sp³-hybridized carbons (Fsp3) is 0.200. The molecule has 0 saturated heterocycles. The van der Waals surface area contributed by atoms with Crippen molar-refractivity contribution in [2.45, 2.75) is 6.18 Å². The van der Waals surface area contributed by atoms with E-state index in [1.54, 1.807) is 18.2 Å². The number of nitrogens with one attached hydrogen (secondary N) is 1. The minimum Gasteiger partial charge on any atom is -0.496 e. The van der Waals surface area contributed by atoms with E-state index >= 15 is 0 Å². The van der Waals surface area contributed by atoms with Crippen LogP contribution >= 0.6 is 0 Å². The summed E-state index contributed by atoms with van der Waals surface area (Å²) in [6.45, 7) is 0. The third kappa shape index (κ3) is 6.68. The van der Waals surface area contributed by atoms with Gasteiger partial charge < -0.3 is 25.6 Å². The minimum absolute atomic E-state index is 0.270. The summed E-state index contributed by atoms with van der Waals surface area (Å²) in [5.74, 6) is -1.75. The number of methoxy groups -OCH3 is 2. The third-order valence-corrected chi connectivity index (χ3v) is 2.77. The number of pyridine rings is 2. The van der Waals surface area contributed by atoms with Crippen molar-refractivity contribution in [3.8, 4) is 11.6 Å². The highest BCUT2D eigenvalue weighted by Gasteiger charge is 2.38. The van der Waals surface area contributed by atoms with Crippen molar-refractivity contribution in [1.82, 2.24) is 9.97 Å². The number of halogens is 3. The molecule has 0 fully saturated rings. The van der Waals surface area contributed by atoms with Crippen LogP contribution in [0.4, 0.5) is 24.8 Å². The van der Waals surface area contributed by atoms with Crippen LogP contribution in [0, 0.1) is 0 Å². The molecule has 0 aromatic carbocycles. The lowest BCUT2D eigenvalue weighted by atomic mass is 10.2. The summed E-state index contributed by atoms with van der Waals surface area (Å²) in [4.78, 5) is 29.0. The molecule has 0 unspecified atom stereocenters. The first-order valence-corrected chi connectivity index (χ1v) is 7.00. The number of nitrogens with two attached hydrogens (primary N) is 1. The minimum atomic E-state index is -5.08. The molecule has 0 radical (unpaired) electrons. The van der Waals surface area contributed by atoms with Crippen molar-refractivity contribution >= 4 is 23.5 Å². The molecule has 4 N–H and O–H groups in total. The van der Waals surface area contributed by atoms with Crippen LogP contribution in [0.1, 0.15) is 10.4 Å². The quantitative estimate of drug-likeness (QED) is 0.723. The number of anilines is 2. The number of carboxylic acid groups (broad SMARTS) is 1. The molecule has 0 saturated carbocycles. The van der Waals surface area contributed by atoms with Crippen LogP contribution in [-0.2, 0) is 4.79 Å². The van der Waals surface area contributed by atoms with Crippen molar-refractivity contribution in [1.29, 1.82) is 0 Å². The van der Waals surface area contributed by atoms with Gasteiger partial charge in [-0.3, -0.25) is 4.79 Å². The lowest BCUT2D eigenvalue weighted by Crippen LogP contribution is -2.21. The average Bonchev–Trinajstić information content (AvgIpc) is 2.61. The normalized spacial score (nSPS) is 10.3. The van der Waals surface area contributed by atoms with Crippen LogP contribution < -0.4 is 20.5 Å². The second-order valence-electron chi connectivity index (χ2n) is 4.63. The summed E-state index contributed by atoms with van der Waals surface area (Å²) < 4.78 is 41.8. The van der Waals surface area contributed by atoms with E-state index in [0.717, 1.165) is 0 Å². The fourth-order valence-corrected chi connectivity index (χ4v) is 1.57. The largest absolute Gasteiger partial charge is 0.496 e. The Morgan fingerprint density at radius 3 is 2.37 bits per heavy atom. The highest BCUT2D eigenvalue weighted by Crippen LogP contribution is 2.21. The number of carboxylic acids is 1. The number of amides is 1. The van der Waals surface area contributed by atoms with Crippen LogP contribution in [0.2, 0.25) is 0 Å². The molecule has 2 aromatic rings. The zero-order valence-corrected chi connectivity index (χ0v) is 14.1. The monoisotopic (exact) mass is 388 g/mol. The molecule has 2 aromatic heterocycles. The van der Waals surface area contributed by atoms with E-state index in [1.165, 1.54) is 26.5 Å². The Kier molecular flexibility index (Phi) is 7.33. The van der Waals surface area contributed by atoms with Crippen molar-refractivity contribution in [2.75, 3.05) is 25.3 Å². The van der Waals surface area contributed by atoms with E-state index in [9.17, 15) is 18.0 Å². The molecule has 9 nitrogen and oxygen atoms in total. The van der Waals surface area contributed by atoms with Crippen LogP contribution in [0.5, 0.6) is 11.6 Å². The fourth-order valence-electron chi connectivity index (χ4n) is 1.57. The summed E-state index contributed by atoms with van der Waals surface area (Å²) >= 11 is 0. The molecular formula is C15H15F3N4O5. The number of nitrogens with zero attached hydrogens (tertiary/aromatic N) is 2. The molecule has 2 rings (SSSR count). The number of hydrogen-bond donors (Lipinski definition) is 3. The summed E-state index contributed by atoms with van der Waals surface area (Å²) in [6.07, 6.45) is -3.73. The molecule has 1 amide bonds. The topological polar surface area (TPSA) is 137 Å². The van der Waals surface area contributed by atoms with E-state index < -0.39 is 18.1 Å². The summed E-state index contributed by atoms with van der Waals surface area (Å²) in [5, 5.41) is 9.76. The average molecular weight is 388 g/mol. The van der Waals surface area contributed by atoms with Gasteiger partial charge in [-0.1, -0.05) is 6.07 Å². The highest BCUT2D eigenvalue weighted by molar-refractivity contribution is 6.05. The van der Waals surface area contributed by atoms with Gasteiger partial charge in [0.2, 0.25) is 5.88 Å². The number of ether oxygens (including phenoxy) is 2. The lowest BCUT2D eigenvalue weighted by molar-refractivity contribution is -0.192. The summed E-state index contributed by atoms with van der Waals surface area (Å²) in [6, 6.07) is 6.53. The first kappa shape index (κ1) is 21.5. The Labute approximate surface area is 150 Å². The smallest absolute Gasteiger partial charge is 0.490 e. The molecule has 0 atom stereocenters. The van der Waals surface area contributed by atoms with Gasteiger partial charge in [0.25, 0.3) is 5.91 Å². The first-order valence-electron chi connectivity index (χ1n) is 7.00. The molecule has 0 bridgehead atoms. The molecule has 2 heterocycles. The summed E-state index contributed by atoms with van der Waals surface area (Å²) in [7, 11) is 2.95. The van der Waals surface area contributed by atoms with Gasteiger partial charge in [-0.15, -0.1) is 0 Å². The predicted molar refractivity (Wildman–Crippen MR) is 87.6 cm³/mol.